The fourth-order valence-electron chi connectivity index (χ4n) is 4.52. The van der Waals surface area contributed by atoms with Crippen molar-refractivity contribution in [3.8, 4) is 22.9 Å². The average molecular weight is 448 g/mol. The van der Waals surface area contributed by atoms with E-state index in [-0.39, 0.29) is 11.7 Å². The molecule has 34 heavy (non-hydrogen) atoms. The Morgan fingerprint density at radius 2 is 1.82 bits per heavy atom. The minimum absolute atomic E-state index is 0.151. The summed E-state index contributed by atoms with van der Waals surface area (Å²) in [6.07, 6.45) is 10.4. The Bertz CT molecular complexity index is 1470. The van der Waals surface area contributed by atoms with E-state index in [0.717, 1.165) is 35.3 Å². The van der Waals surface area contributed by atoms with Gasteiger partial charge in [0.05, 0.1) is 29.0 Å². The average Bonchev–Trinajstić information content (AvgIpc) is 3.38. The standard InChI is InChI=1S/C29H25N3O2/c1-20-7-6-8-23(28(20)34-24-9-2-3-10-24)16-17-25-27(22-14-12-21(19-30)13-15-22)29(33)32-18-5-4-11-26(32)31-25/h4-8,11-18,24H,2-3,9-10H2,1H3/b17-16+. The van der Waals surface area contributed by atoms with Crippen LogP contribution in [0.4, 0.5) is 0 Å². The van der Waals surface area contributed by atoms with E-state index in [1.165, 1.54) is 12.8 Å². The summed E-state index contributed by atoms with van der Waals surface area (Å²) in [4.78, 5) is 18.3. The maximum Gasteiger partial charge on any atom is 0.266 e. The Morgan fingerprint density at radius 3 is 2.59 bits per heavy atom. The van der Waals surface area contributed by atoms with Crippen LogP contribution in [0.2, 0.25) is 0 Å². The third-order valence-electron chi connectivity index (χ3n) is 6.31. The van der Waals surface area contributed by atoms with Gasteiger partial charge in [-0.3, -0.25) is 9.20 Å². The topological polar surface area (TPSA) is 67.4 Å². The second kappa shape index (κ2) is 9.36. The van der Waals surface area contributed by atoms with Gasteiger partial charge in [-0.25, -0.2) is 4.98 Å². The second-order valence-electron chi connectivity index (χ2n) is 8.65. The van der Waals surface area contributed by atoms with Gasteiger partial charge in [-0.05, 0) is 80.2 Å². The third kappa shape index (κ3) is 4.23. The van der Waals surface area contributed by atoms with Crippen molar-refractivity contribution in [2.45, 2.75) is 38.7 Å². The Balaban J connectivity index is 1.62. The second-order valence-corrected chi connectivity index (χ2v) is 8.65. The highest BCUT2D eigenvalue weighted by Crippen LogP contribution is 2.31. The lowest BCUT2D eigenvalue weighted by atomic mass is 10.0. The van der Waals surface area contributed by atoms with Crippen LogP contribution in [-0.2, 0) is 0 Å². The predicted molar refractivity (Wildman–Crippen MR) is 135 cm³/mol. The molecule has 0 radical (unpaired) electrons. The molecule has 4 aromatic rings. The molecule has 168 valence electrons. The quantitative estimate of drug-likeness (QED) is 0.374. The fraction of sp³-hybridized carbons (Fsp3) is 0.207. The van der Waals surface area contributed by atoms with Crippen LogP contribution in [0.1, 0.15) is 48.1 Å². The first-order valence-electron chi connectivity index (χ1n) is 11.6. The van der Waals surface area contributed by atoms with Crippen molar-refractivity contribution in [1.29, 1.82) is 5.26 Å². The SMILES string of the molecule is Cc1cccc(/C=C/c2nc3ccccn3c(=O)c2-c2ccc(C#N)cc2)c1OC1CCCC1. The van der Waals surface area contributed by atoms with Gasteiger partial charge in [0.25, 0.3) is 5.56 Å². The first-order chi connectivity index (χ1) is 16.6. The molecule has 0 spiro atoms. The van der Waals surface area contributed by atoms with Gasteiger partial charge in [-0.1, -0.05) is 36.4 Å². The van der Waals surface area contributed by atoms with Crippen molar-refractivity contribution in [3.05, 3.63) is 99.6 Å². The highest BCUT2D eigenvalue weighted by molar-refractivity contribution is 5.81. The number of nitrogens with zero attached hydrogens (tertiary/aromatic N) is 3. The molecule has 1 fully saturated rings. The summed E-state index contributed by atoms with van der Waals surface area (Å²) in [7, 11) is 0. The van der Waals surface area contributed by atoms with E-state index in [9.17, 15) is 4.79 Å². The van der Waals surface area contributed by atoms with E-state index in [0.29, 0.717) is 22.5 Å². The van der Waals surface area contributed by atoms with E-state index in [1.54, 1.807) is 34.9 Å². The molecule has 5 heteroatoms. The smallest absolute Gasteiger partial charge is 0.266 e. The van der Waals surface area contributed by atoms with Gasteiger partial charge in [-0.15, -0.1) is 0 Å². The summed E-state index contributed by atoms with van der Waals surface area (Å²) in [6.45, 7) is 2.06. The molecule has 5 rings (SSSR count). The van der Waals surface area contributed by atoms with Gasteiger partial charge in [0.2, 0.25) is 0 Å². The van der Waals surface area contributed by atoms with Gasteiger partial charge in [0, 0.05) is 11.8 Å². The van der Waals surface area contributed by atoms with Crippen molar-refractivity contribution in [1.82, 2.24) is 9.38 Å². The molecule has 0 unspecified atom stereocenters. The van der Waals surface area contributed by atoms with E-state index < -0.39 is 0 Å². The number of fused-ring (bicyclic) bond motifs is 1. The molecule has 2 heterocycles. The monoisotopic (exact) mass is 447 g/mol. The lowest BCUT2D eigenvalue weighted by Crippen LogP contribution is -2.18. The first-order valence-corrected chi connectivity index (χ1v) is 11.6. The minimum Gasteiger partial charge on any atom is -0.490 e. The number of hydrogen-bond donors (Lipinski definition) is 0. The number of pyridine rings is 1. The summed E-state index contributed by atoms with van der Waals surface area (Å²) in [5.74, 6) is 0.892. The summed E-state index contributed by atoms with van der Waals surface area (Å²) < 4.78 is 7.94. The van der Waals surface area contributed by atoms with Crippen LogP contribution in [0.5, 0.6) is 5.75 Å². The Morgan fingerprint density at radius 1 is 1.03 bits per heavy atom. The van der Waals surface area contributed by atoms with E-state index in [1.807, 2.05) is 42.5 Å². The molecule has 5 nitrogen and oxygen atoms in total. The summed E-state index contributed by atoms with van der Waals surface area (Å²) in [5.41, 5.74) is 4.83. The third-order valence-corrected chi connectivity index (χ3v) is 6.31. The molecule has 1 saturated carbocycles. The lowest BCUT2D eigenvalue weighted by molar-refractivity contribution is 0.208. The number of ether oxygens (including phenoxy) is 1. The van der Waals surface area contributed by atoms with Gasteiger partial charge in [0.1, 0.15) is 11.4 Å². The zero-order valence-corrected chi connectivity index (χ0v) is 19.1. The van der Waals surface area contributed by atoms with Crippen molar-refractivity contribution in [2.24, 2.45) is 0 Å². The maximum atomic E-state index is 13.5. The highest BCUT2D eigenvalue weighted by atomic mass is 16.5. The van der Waals surface area contributed by atoms with Crippen molar-refractivity contribution >= 4 is 17.8 Å². The molecule has 0 bridgehead atoms. The van der Waals surface area contributed by atoms with Gasteiger partial charge in [0.15, 0.2) is 0 Å². The predicted octanol–water partition coefficient (Wildman–Crippen LogP) is 6.03. The Labute approximate surface area is 198 Å². The molecule has 2 aromatic carbocycles. The molecule has 1 aliphatic carbocycles. The maximum absolute atomic E-state index is 13.5. The molecule has 0 atom stereocenters. The zero-order chi connectivity index (χ0) is 23.5. The van der Waals surface area contributed by atoms with Crippen LogP contribution >= 0.6 is 0 Å². The van der Waals surface area contributed by atoms with Crippen LogP contribution in [0, 0.1) is 18.3 Å². The highest BCUT2D eigenvalue weighted by Gasteiger charge is 2.19. The van der Waals surface area contributed by atoms with Crippen LogP contribution in [0.15, 0.2) is 71.7 Å². The number of rotatable bonds is 5. The largest absolute Gasteiger partial charge is 0.490 e. The number of benzene rings is 2. The van der Waals surface area contributed by atoms with Crippen LogP contribution < -0.4 is 10.3 Å². The van der Waals surface area contributed by atoms with Crippen LogP contribution in [-0.4, -0.2) is 15.5 Å². The number of para-hydroxylation sites is 1. The molecule has 2 aromatic heterocycles. The van der Waals surface area contributed by atoms with Gasteiger partial charge in [-0.2, -0.15) is 5.26 Å². The normalized spacial score (nSPS) is 14.0. The van der Waals surface area contributed by atoms with Crippen LogP contribution in [0.3, 0.4) is 0 Å². The molecule has 0 saturated heterocycles. The van der Waals surface area contributed by atoms with Crippen molar-refractivity contribution in [2.75, 3.05) is 0 Å². The lowest BCUT2D eigenvalue weighted by Gasteiger charge is -2.17. The Kier molecular flexibility index (Phi) is 5.97. The molecule has 1 aliphatic rings. The van der Waals surface area contributed by atoms with Crippen LogP contribution in [0.25, 0.3) is 28.9 Å². The number of nitriles is 1. The van der Waals surface area contributed by atoms with Gasteiger partial charge >= 0.3 is 0 Å². The van der Waals surface area contributed by atoms with E-state index in [2.05, 4.69) is 19.1 Å². The molecule has 0 N–H and O–H groups in total. The zero-order valence-electron chi connectivity index (χ0n) is 19.1. The number of aryl methyl sites for hydroxylation is 1. The molecular weight excluding hydrogens is 422 g/mol. The van der Waals surface area contributed by atoms with E-state index in [4.69, 9.17) is 15.0 Å². The summed E-state index contributed by atoms with van der Waals surface area (Å²) in [5, 5.41) is 9.16. The van der Waals surface area contributed by atoms with Gasteiger partial charge < -0.3 is 4.74 Å². The molecule has 0 aliphatic heterocycles. The van der Waals surface area contributed by atoms with Crippen molar-refractivity contribution < 1.29 is 4.74 Å². The van der Waals surface area contributed by atoms with Crippen molar-refractivity contribution in [3.63, 3.8) is 0 Å². The molecular formula is C29H25N3O2. The number of aromatic nitrogens is 2. The molecule has 0 amide bonds. The Hall–Kier alpha value is -4.17. The fourth-order valence-corrected chi connectivity index (χ4v) is 4.52. The number of hydrogen-bond acceptors (Lipinski definition) is 4. The summed E-state index contributed by atoms with van der Waals surface area (Å²) in [6, 6.07) is 20.8. The summed E-state index contributed by atoms with van der Waals surface area (Å²) >= 11 is 0. The minimum atomic E-state index is -0.151. The van der Waals surface area contributed by atoms with E-state index >= 15 is 0 Å². The first kappa shape index (κ1) is 21.7.